The van der Waals surface area contributed by atoms with Crippen LogP contribution in [0.1, 0.15) is 12.5 Å². The van der Waals surface area contributed by atoms with Gasteiger partial charge in [0.25, 0.3) is 0 Å². The molecule has 0 atom stereocenters. The molecule has 57 heavy (non-hydrogen) atoms. The van der Waals surface area contributed by atoms with Gasteiger partial charge in [-0.15, -0.1) is 0 Å². The number of nitrogens with zero attached hydrogens (tertiary/aromatic N) is 4. The van der Waals surface area contributed by atoms with Crippen LogP contribution >= 0.6 is 0 Å². The molecule has 0 amide bonds. The fraction of sp³-hybridized carbons (Fsp3) is 0.0189. The maximum Gasteiger partial charge on any atom is 0.144 e. The molecular formula is C53H38N4. The predicted molar refractivity (Wildman–Crippen MR) is 241 cm³/mol. The molecule has 0 spiro atoms. The molecule has 0 fully saturated rings. The summed E-state index contributed by atoms with van der Waals surface area (Å²) in [6, 6.07) is 66.8. The molecule has 4 heteroatoms. The van der Waals surface area contributed by atoms with Crippen molar-refractivity contribution in [2.24, 2.45) is 4.99 Å². The molecule has 0 saturated carbocycles. The topological polar surface area (TPSA) is 35.1 Å². The van der Waals surface area contributed by atoms with Gasteiger partial charge >= 0.3 is 0 Å². The van der Waals surface area contributed by atoms with Crippen molar-refractivity contribution in [1.82, 2.24) is 14.1 Å². The van der Waals surface area contributed by atoms with E-state index in [4.69, 9.17) is 4.98 Å². The molecule has 3 heterocycles. The van der Waals surface area contributed by atoms with Crippen molar-refractivity contribution in [3.8, 4) is 56.1 Å². The second kappa shape index (κ2) is 14.3. The Kier molecular flexibility index (Phi) is 8.50. The van der Waals surface area contributed by atoms with Crippen molar-refractivity contribution in [2.45, 2.75) is 6.92 Å². The lowest BCUT2D eigenvalue weighted by atomic mass is 9.98. The minimum atomic E-state index is 0.835. The van der Waals surface area contributed by atoms with Gasteiger partial charge in [-0.25, -0.2) is 9.98 Å². The monoisotopic (exact) mass is 730 g/mol. The van der Waals surface area contributed by atoms with E-state index in [1.165, 1.54) is 16.3 Å². The largest absolute Gasteiger partial charge is 0.309 e. The van der Waals surface area contributed by atoms with Crippen LogP contribution in [0.15, 0.2) is 199 Å². The molecule has 0 radical (unpaired) electrons. The predicted octanol–water partition coefficient (Wildman–Crippen LogP) is 14.2. The van der Waals surface area contributed by atoms with Crippen molar-refractivity contribution < 1.29 is 0 Å². The third kappa shape index (κ3) is 5.87. The van der Waals surface area contributed by atoms with Gasteiger partial charge in [-0.3, -0.25) is 4.57 Å². The molecule has 0 bridgehead atoms. The number of allylic oxidation sites excluding steroid dienone is 1. The molecule has 0 saturated heterocycles. The molecule has 10 aromatic rings. The Hall–Kier alpha value is -7.56. The van der Waals surface area contributed by atoms with E-state index in [1.54, 1.807) is 0 Å². The smallest absolute Gasteiger partial charge is 0.144 e. The summed E-state index contributed by atoms with van der Waals surface area (Å²) in [4.78, 5) is 9.69. The fourth-order valence-corrected chi connectivity index (χ4v) is 8.37. The molecule has 0 unspecified atom stereocenters. The zero-order chi connectivity index (χ0) is 38.3. The van der Waals surface area contributed by atoms with Crippen LogP contribution in [0.25, 0.3) is 94.9 Å². The van der Waals surface area contributed by atoms with Crippen molar-refractivity contribution in [3.05, 3.63) is 200 Å². The van der Waals surface area contributed by atoms with Gasteiger partial charge < -0.3 is 4.57 Å². The highest BCUT2D eigenvalue weighted by Gasteiger charge is 2.20. The summed E-state index contributed by atoms with van der Waals surface area (Å²) in [5.41, 5.74) is 15.2. The summed E-state index contributed by atoms with van der Waals surface area (Å²) in [7, 11) is 0. The van der Waals surface area contributed by atoms with E-state index in [0.717, 1.165) is 83.9 Å². The Morgan fingerprint density at radius 1 is 0.474 bits per heavy atom. The summed E-state index contributed by atoms with van der Waals surface area (Å²) < 4.78 is 4.63. The first kappa shape index (κ1) is 34.0. The second-order valence-corrected chi connectivity index (χ2v) is 14.3. The molecule has 0 N–H and O–H groups in total. The minimum absolute atomic E-state index is 0.835. The molecule has 7 aromatic carbocycles. The van der Waals surface area contributed by atoms with Crippen LogP contribution in [-0.4, -0.2) is 20.8 Å². The SMILES string of the molecule is C=Nc1c(/C=C\C)c2ccc(-c3cccc4c3c3ccccc3n4-c3cccc(-c4cc(-c5ccccc5)nc(-c5ccccc5)c4)c3)cc2n1-c1ccccc1. The van der Waals surface area contributed by atoms with Crippen molar-refractivity contribution in [3.63, 3.8) is 0 Å². The Labute approximate surface area is 332 Å². The first-order chi connectivity index (χ1) is 28.2. The summed E-state index contributed by atoms with van der Waals surface area (Å²) in [6.45, 7) is 6.04. The molecule has 4 nitrogen and oxygen atoms in total. The van der Waals surface area contributed by atoms with Crippen LogP contribution in [0.3, 0.4) is 0 Å². The van der Waals surface area contributed by atoms with Gasteiger partial charge in [-0.2, -0.15) is 0 Å². The van der Waals surface area contributed by atoms with Crippen molar-refractivity contribution in [1.29, 1.82) is 0 Å². The molecular weight excluding hydrogens is 693 g/mol. The van der Waals surface area contributed by atoms with Gasteiger partial charge in [0.05, 0.1) is 27.9 Å². The van der Waals surface area contributed by atoms with Crippen molar-refractivity contribution >= 4 is 51.3 Å². The first-order valence-electron chi connectivity index (χ1n) is 19.3. The molecule has 3 aromatic heterocycles. The third-order valence-corrected chi connectivity index (χ3v) is 10.9. The normalized spacial score (nSPS) is 11.6. The number of pyridine rings is 1. The van der Waals surface area contributed by atoms with E-state index in [-0.39, 0.29) is 0 Å². The van der Waals surface area contributed by atoms with E-state index in [9.17, 15) is 0 Å². The number of aromatic nitrogens is 3. The zero-order valence-corrected chi connectivity index (χ0v) is 31.5. The van der Waals surface area contributed by atoms with E-state index >= 15 is 0 Å². The summed E-state index contributed by atoms with van der Waals surface area (Å²) in [5, 5.41) is 3.56. The quantitative estimate of drug-likeness (QED) is 0.143. The fourth-order valence-electron chi connectivity index (χ4n) is 8.37. The summed E-state index contributed by atoms with van der Waals surface area (Å²) >= 11 is 0. The molecule has 0 aliphatic carbocycles. The Morgan fingerprint density at radius 2 is 1.09 bits per heavy atom. The molecule has 0 aliphatic rings. The lowest BCUT2D eigenvalue weighted by Gasteiger charge is -2.13. The van der Waals surface area contributed by atoms with Crippen LogP contribution in [0, 0.1) is 0 Å². The minimum Gasteiger partial charge on any atom is -0.309 e. The lowest BCUT2D eigenvalue weighted by molar-refractivity contribution is 1.11. The first-order valence-corrected chi connectivity index (χ1v) is 19.3. The highest BCUT2D eigenvalue weighted by Crippen LogP contribution is 2.42. The van der Waals surface area contributed by atoms with E-state index in [1.807, 2.05) is 25.1 Å². The van der Waals surface area contributed by atoms with Gasteiger partial charge in [-0.1, -0.05) is 146 Å². The van der Waals surface area contributed by atoms with Crippen LogP contribution in [0.2, 0.25) is 0 Å². The molecule has 0 aliphatic heterocycles. The van der Waals surface area contributed by atoms with Crippen molar-refractivity contribution in [2.75, 3.05) is 0 Å². The third-order valence-electron chi connectivity index (χ3n) is 10.9. The van der Waals surface area contributed by atoms with Crippen LogP contribution in [-0.2, 0) is 0 Å². The number of benzene rings is 7. The number of aliphatic imine (C=N–C) groups is 1. The second-order valence-electron chi connectivity index (χ2n) is 14.3. The maximum atomic E-state index is 5.14. The average molecular weight is 731 g/mol. The number of hydrogen-bond acceptors (Lipinski definition) is 2. The lowest BCUT2D eigenvalue weighted by Crippen LogP contribution is -1.95. The molecule has 270 valence electrons. The van der Waals surface area contributed by atoms with E-state index in [2.05, 4.69) is 203 Å². The number of para-hydroxylation sites is 2. The summed E-state index contributed by atoms with van der Waals surface area (Å²) in [6.07, 6.45) is 4.20. The molecule has 10 rings (SSSR count). The van der Waals surface area contributed by atoms with E-state index < -0.39 is 0 Å². The van der Waals surface area contributed by atoms with Gasteiger partial charge in [0.2, 0.25) is 0 Å². The highest BCUT2D eigenvalue weighted by atomic mass is 15.1. The number of fused-ring (bicyclic) bond motifs is 4. The van der Waals surface area contributed by atoms with Gasteiger partial charge in [0, 0.05) is 44.2 Å². The highest BCUT2D eigenvalue weighted by molar-refractivity contribution is 6.16. The standard InChI is InChI=1S/C53H38N4/c1-3-17-45-44-31-30-39(35-51(44)57(53(45)54-2)41-23-11-6-12-24-41)43-27-16-29-50-52(43)46-26-13-14-28-49(46)56(50)42-25-15-22-38(32-42)40-33-47(36-18-7-4-8-19-36)55-48(34-40)37-20-9-5-10-21-37/h3-35H,2H2,1H3/b17-3-. The zero-order valence-electron chi connectivity index (χ0n) is 31.5. The van der Waals surface area contributed by atoms with Crippen LogP contribution in [0.5, 0.6) is 0 Å². The van der Waals surface area contributed by atoms with Gasteiger partial charge in [0.15, 0.2) is 0 Å². The number of rotatable bonds is 8. The van der Waals surface area contributed by atoms with Crippen LogP contribution in [0.4, 0.5) is 5.82 Å². The van der Waals surface area contributed by atoms with Gasteiger partial charge in [-0.05, 0) is 90.5 Å². The average Bonchev–Trinajstić information content (AvgIpc) is 3.79. The maximum absolute atomic E-state index is 5.14. The van der Waals surface area contributed by atoms with E-state index in [0.29, 0.717) is 0 Å². The summed E-state index contributed by atoms with van der Waals surface area (Å²) in [5.74, 6) is 0.835. The Balaban J connectivity index is 1.16. The number of hydrogen-bond donors (Lipinski definition) is 0. The van der Waals surface area contributed by atoms with Gasteiger partial charge in [0.1, 0.15) is 5.82 Å². The Bertz CT molecular complexity index is 3080. The Morgan fingerprint density at radius 3 is 1.79 bits per heavy atom. The van der Waals surface area contributed by atoms with Crippen LogP contribution < -0.4 is 0 Å².